The second kappa shape index (κ2) is 11.7. The maximum absolute atomic E-state index is 13.6. The molecule has 7 heteroatoms. The largest absolute Gasteiger partial charge is 0.385 e. The quantitative estimate of drug-likeness (QED) is 0.299. The fraction of sp³-hybridized carbons (Fsp3) is 0.375. The van der Waals surface area contributed by atoms with Crippen LogP contribution in [-0.2, 0) is 27.4 Å². The van der Waals surface area contributed by atoms with Crippen LogP contribution in [0.5, 0.6) is 0 Å². The lowest BCUT2D eigenvalue weighted by Crippen LogP contribution is -2.49. The van der Waals surface area contributed by atoms with Gasteiger partial charge in [-0.3, -0.25) is 4.79 Å². The number of aryl methyl sites for hydroxylation is 1. The van der Waals surface area contributed by atoms with Crippen molar-refractivity contribution in [2.24, 2.45) is 0 Å². The molecule has 1 amide bonds. The number of ether oxygens (including phenoxy) is 2. The zero-order valence-electron chi connectivity index (χ0n) is 22.5. The van der Waals surface area contributed by atoms with E-state index >= 15 is 0 Å². The predicted octanol–water partition coefficient (Wildman–Crippen LogP) is 4.89. The minimum absolute atomic E-state index is 0.0858. The lowest BCUT2D eigenvalue weighted by molar-refractivity contribution is -0.146. The van der Waals surface area contributed by atoms with Crippen LogP contribution in [0.4, 0.5) is 0 Å². The van der Waals surface area contributed by atoms with Crippen molar-refractivity contribution < 1.29 is 14.3 Å². The highest BCUT2D eigenvalue weighted by molar-refractivity contribution is 5.96. The molecule has 1 saturated carbocycles. The van der Waals surface area contributed by atoms with Gasteiger partial charge in [-0.25, -0.2) is 4.98 Å². The van der Waals surface area contributed by atoms with E-state index in [1.54, 1.807) is 7.11 Å². The van der Waals surface area contributed by atoms with Crippen molar-refractivity contribution in [1.82, 2.24) is 19.8 Å². The Morgan fingerprint density at radius 2 is 1.85 bits per heavy atom. The third kappa shape index (κ3) is 5.62. The Kier molecular flexibility index (Phi) is 7.72. The molecule has 1 aliphatic heterocycles. The van der Waals surface area contributed by atoms with Gasteiger partial charge in [0.2, 0.25) is 0 Å². The summed E-state index contributed by atoms with van der Waals surface area (Å²) in [4.78, 5) is 20.4. The molecule has 2 aromatic carbocycles. The SMILES string of the molecule is COCCCn1cc(CN(C(=O)[C@H]2CNCCO2)C2CC2)c2c(-c3ccc(-c4ccccc4)cc3)ccnc21. The molecule has 202 valence electrons. The number of carbonyl (C=O) groups excluding carboxylic acids is 1. The van der Waals surface area contributed by atoms with Gasteiger partial charge >= 0.3 is 0 Å². The standard InChI is InChI=1S/C32H36N4O3/c1-38-18-5-17-35-21-26(22-36(27-12-13-27)32(37)29-20-33-16-19-39-29)30-28(14-15-34-31(30)35)25-10-8-24(9-11-25)23-6-3-2-4-7-23/h2-4,6-11,14-15,21,27,29,33H,5,12-13,16-20,22H2,1H3/t29-/m1/s1. The Morgan fingerprint density at radius 1 is 1.08 bits per heavy atom. The highest BCUT2D eigenvalue weighted by Crippen LogP contribution is 2.36. The molecule has 0 bridgehead atoms. The molecular weight excluding hydrogens is 488 g/mol. The number of methoxy groups -OCH3 is 1. The number of nitrogens with one attached hydrogen (secondary N) is 1. The first-order valence-electron chi connectivity index (χ1n) is 14.0. The first-order chi connectivity index (χ1) is 19.2. The normalized spacial score (nSPS) is 17.4. The molecule has 1 aliphatic carbocycles. The molecule has 7 nitrogen and oxygen atoms in total. The second-order valence-electron chi connectivity index (χ2n) is 10.5. The number of pyridine rings is 1. The average Bonchev–Trinajstić information content (AvgIpc) is 3.78. The zero-order chi connectivity index (χ0) is 26.6. The lowest BCUT2D eigenvalue weighted by Gasteiger charge is -2.30. The Labute approximate surface area is 229 Å². The van der Waals surface area contributed by atoms with Gasteiger partial charge in [0.25, 0.3) is 5.91 Å². The Balaban J connectivity index is 1.38. The Morgan fingerprint density at radius 3 is 2.56 bits per heavy atom. The summed E-state index contributed by atoms with van der Waals surface area (Å²) < 4.78 is 13.4. The van der Waals surface area contributed by atoms with Crippen molar-refractivity contribution in [1.29, 1.82) is 0 Å². The summed E-state index contributed by atoms with van der Waals surface area (Å²) in [6.07, 6.45) is 6.65. The van der Waals surface area contributed by atoms with Crippen molar-refractivity contribution in [3.63, 3.8) is 0 Å². The predicted molar refractivity (Wildman–Crippen MR) is 153 cm³/mol. The van der Waals surface area contributed by atoms with E-state index in [9.17, 15) is 4.79 Å². The minimum Gasteiger partial charge on any atom is -0.385 e. The number of amides is 1. The van der Waals surface area contributed by atoms with E-state index in [1.807, 2.05) is 17.2 Å². The lowest BCUT2D eigenvalue weighted by atomic mass is 9.98. The van der Waals surface area contributed by atoms with Crippen LogP contribution < -0.4 is 5.32 Å². The van der Waals surface area contributed by atoms with Crippen LogP contribution in [0.2, 0.25) is 0 Å². The van der Waals surface area contributed by atoms with Gasteiger partial charge in [-0.2, -0.15) is 0 Å². The second-order valence-corrected chi connectivity index (χ2v) is 10.5. The number of morpholine rings is 1. The molecule has 3 heterocycles. The van der Waals surface area contributed by atoms with Crippen LogP contribution in [0.3, 0.4) is 0 Å². The van der Waals surface area contributed by atoms with Gasteiger partial charge in [0.05, 0.1) is 6.61 Å². The molecule has 0 radical (unpaired) electrons. The molecule has 1 saturated heterocycles. The molecule has 2 fully saturated rings. The number of nitrogens with zero attached hydrogens (tertiary/aromatic N) is 3. The smallest absolute Gasteiger partial charge is 0.253 e. The number of carbonyl (C=O) groups is 1. The Hall–Kier alpha value is -3.52. The number of rotatable bonds is 10. The molecule has 0 unspecified atom stereocenters. The van der Waals surface area contributed by atoms with Crippen LogP contribution in [0, 0.1) is 0 Å². The third-order valence-corrected chi connectivity index (χ3v) is 7.70. The zero-order valence-corrected chi connectivity index (χ0v) is 22.5. The van der Waals surface area contributed by atoms with E-state index in [0.29, 0.717) is 26.3 Å². The summed E-state index contributed by atoms with van der Waals surface area (Å²) in [5.74, 6) is 0.0858. The maximum Gasteiger partial charge on any atom is 0.253 e. The molecule has 0 spiro atoms. The molecule has 39 heavy (non-hydrogen) atoms. The summed E-state index contributed by atoms with van der Waals surface area (Å²) in [5, 5.41) is 4.42. The number of hydrogen-bond acceptors (Lipinski definition) is 5. The molecule has 2 aromatic heterocycles. The van der Waals surface area contributed by atoms with E-state index in [0.717, 1.165) is 60.1 Å². The van der Waals surface area contributed by atoms with Crippen molar-refractivity contribution >= 4 is 16.9 Å². The van der Waals surface area contributed by atoms with Crippen LogP contribution in [0.1, 0.15) is 24.8 Å². The molecule has 1 atom stereocenters. The summed E-state index contributed by atoms with van der Waals surface area (Å²) >= 11 is 0. The van der Waals surface area contributed by atoms with E-state index in [2.05, 4.69) is 70.7 Å². The number of hydrogen-bond donors (Lipinski definition) is 1. The van der Waals surface area contributed by atoms with E-state index in [1.165, 1.54) is 11.1 Å². The van der Waals surface area contributed by atoms with Gasteiger partial charge in [-0.15, -0.1) is 0 Å². The van der Waals surface area contributed by atoms with Crippen LogP contribution in [0.25, 0.3) is 33.3 Å². The van der Waals surface area contributed by atoms with Gasteiger partial charge in [0.1, 0.15) is 11.8 Å². The van der Waals surface area contributed by atoms with E-state index in [4.69, 9.17) is 14.5 Å². The monoisotopic (exact) mass is 524 g/mol. The highest BCUT2D eigenvalue weighted by atomic mass is 16.5. The van der Waals surface area contributed by atoms with Crippen molar-refractivity contribution in [2.75, 3.05) is 33.4 Å². The molecule has 2 aliphatic rings. The molecule has 6 rings (SSSR count). The van der Waals surface area contributed by atoms with Gasteiger partial charge in [-0.1, -0.05) is 54.6 Å². The molecule has 4 aromatic rings. The van der Waals surface area contributed by atoms with Crippen LogP contribution in [0.15, 0.2) is 73.1 Å². The van der Waals surface area contributed by atoms with Crippen LogP contribution in [-0.4, -0.2) is 65.9 Å². The fourth-order valence-electron chi connectivity index (χ4n) is 5.55. The minimum atomic E-state index is -0.419. The van der Waals surface area contributed by atoms with Gasteiger partial charge in [-0.05, 0) is 53.1 Å². The average molecular weight is 525 g/mol. The number of benzene rings is 2. The molecular formula is C32H36N4O3. The van der Waals surface area contributed by atoms with Gasteiger partial charge in [0, 0.05) is 63.7 Å². The summed E-state index contributed by atoms with van der Waals surface area (Å²) in [6.45, 7) is 3.98. The first-order valence-corrected chi connectivity index (χ1v) is 14.0. The molecule has 1 N–H and O–H groups in total. The van der Waals surface area contributed by atoms with Crippen molar-refractivity contribution in [3.05, 3.63) is 78.6 Å². The number of aromatic nitrogens is 2. The van der Waals surface area contributed by atoms with Crippen molar-refractivity contribution in [2.45, 2.75) is 44.5 Å². The first kappa shape index (κ1) is 25.7. The highest BCUT2D eigenvalue weighted by Gasteiger charge is 2.37. The Bertz CT molecular complexity index is 1410. The van der Waals surface area contributed by atoms with E-state index in [-0.39, 0.29) is 11.9 Å². The van der Waals surface area contributed by atoms with Gasteiger partial charge in [0.15, 0.2) is 0 Å². The summed E-state index contributed by atoms with van der Waals surface area (Å²) in [6, 6.07) is 21.5. The summed E-state index contributed by atoms with van der Waals surface area (Å²) in [7, 11) is 1.73. The summed E-state index contributed by atoms with van der Waals surface area (Å²) in [5.41, 5.74) is 6.74. The topological polar surface area (TPSA) is 68.6 Å². The van der Waals surface area contributed by atoms with Crippen molar-refractivity contribution in [3.8, 4) is 22.3 Å². The van der Waals surface area contributed by atoms with E-state index < -0.39 is 6.10 Å². The maximum atomic E-state index is 13.6. The number of fused-ring (bicyclic) bond motifs is 1. The fourth-order valence-corrected chi connectivity index (χ4v) is 5.55. The van der Waals surface area contributed by atoms with Crippen LogP contribution >= 0.6 is 0 Å². The third-order valence-electron chi connectivity index (χ3n) is 7.70. The van der Waals surface area contributed by atoms with Gasteiger partial charge < -0.3 is 24.3 Å².